The number of nitrogens with zero attached hydrogens (tertiary/aromatic N) is 1. The van der Waals surface area contributed by atoms with Gasteiger partial charge in [-0.1, -0.05) is 12.1 Å². The second kappa shape index (κ2) is 8.54. The van der Waals surface area contributed by atoms with Gasteiger partial charge in [0.1, 0.15) is 11.8 Å². The third-order valence-corrected chi connectivity index (χ3v) is 4.18. The van der Waals surface area contributed by atoms with Gasteiger partial charge in [0.25, 0.3) is 0 Å². The fraction of sp³-hybridized carbons (Fsp3) is 0.353. The van der Waals surface area contributed by atoms with Gasteiger partial charge < -0.3 is 15.0 Å². The molecule has 0 unspecified atom stereocenters. The van der Waals surface area contributed by atoms with Gasteiger partial charge in [-0.3, -0.25) is 4.79 Å². The number of aromatic hydroxyl groups is 1. The lowest BCUT2D eigenvalue weighted by atomic mass is 10.1. The molecule has 1 heterocycles. The molecule has 1 aromatic carbocycles. The summed E-state index contributed by atoms with van der Waals surface area (Å²) in [6.45, 7) is 0.598. The number of amides is 1. The Labute approximate surface area is 135 Å². The molecule has 5 heteroatoms. The third-order valence-electron chi connectivity index (χ3n) is 3.53. The third kappa shape index (κ3) is 4.84. The van der Waals surface area contributed by atoms with Gasteiger partial charge in [-0.25, -0.2) is 0 Å². The van der Waals surface area contributed by atoms with Crippen LogP contribution in [0.5, 0.6) is 5.75 Å². The maximum atomic E-state index is 12.4. The van der Waals surface area contributed by atoms with Crippen molar-refractivity contribution in [2.75, 3.05) is 18.6 Å². The normalized spacial score (nSPS) is 12.0. The van der Waals surface area contributed by atoms with E-state index in [2.05, 4.69) is 11.6 Å². The first kappa shape index (κ1) is 16.5. The van der Waals surface area contributed by atoms with E-state index < -0.39 is 0 Å². The Bertz CT molecular complexity index is 567. The van der Waals surface area contributed by atoms with Crippen molar-refractivity contribution in [1.82, 2.24) is 9.88 Å². The van der Waals surface area contributed by atoms with Crippen LogP contribution in [0.15, 0.2) is 48.8 Å². The standard InChI is InChI=1S/C17H22N2O2S/c1-22-13-9-16(19-11-2-3-12-19)17(21)18-10-8-14-4-6-15(20)7-5-14/h2-7,11-12,16,20H,8-10,13H2,1H3,(H,18,21)/t16-/m1/s1. The number of carbonyl (C=O) groups excluding carboxylic acids is 1. The number of rotatable bonds is 8. The van der Waals surface area contributed by atoms with E-state index in [0.29, 0.717) is 6.54 Å². The molecule has 0 aliphatic heterocycles. The Morgan fingerprint density at radius 3 is 2.59 bits per heavy atom. The lowest BCUT2D eigenvalue weighted by molar-refractivity contribution is -0.124. The monoisotopic (exact) mass is 318 g/mol. The molecule has 4 nitrogen and oxygen atoms in total. The summed E-state index contributed by atoms with van der Waals surface area (Å²) in [4.78, 5) is 12.4. The van der Waals surface area contributed by atoms with Crippen molar-refractivity contribution in [1.29, 1.82) is 0 Å². The molecule has 0 spiro atoms. The van der Waals surface area contributed by atoms with Crippen LogP contribution in [0.4, 0.5) is 0 Å². The van der Waals surface area contributed by atoms with Crippen molar-refractivity contribution >= 4 is 17.7 Å². The molecular weight excluding hydrogens is 296 g/mol. The molecule has 2 rings (SSSR count). The largest absolute Gasteiger partial charge is 0.508 e. The minimum Gasteiger partial charge on any atom is -0.508 e. The topological polar surface area (TPSA) is 54.3 Å². The summed E-state index contributed by atoms with van der Waals surface area (Å²) in [5.74, 6) is 1.27. The summed E-state index contributed by atoms with van der Waals surface area (Å²) in [5.41, 5.74) is 1.10. The Morgan fingerprint density at radius 1 is 1.27 bits per heavy atom. The second-order valence-electron chi connectivity index (χ2n) is 5.14. The highest BCUT2D eigenvalue weighted by molar-refractivity contribution is 7.98. The lowest BCUT2D eigenvalue weighted by Crippen LogP contribution is -2.33. The van der Waals surface area contributed by atoms with Crippen LogP contribution in [0.25, 0.3) is 0 Å². The van der Waals surface area contributed by atoms with Crippen molar-refractivity contribution < 1.29 is 9.90 Å². The van der Waals surface area contributed by atoms with Crippen LogP contribution in [-0.4, -0.2) is 34.1 Å². The molecule has 1 aromatic heterocycles. The highest BCUT2D eigenvalue weighted by Gasteiger charge is 2.18. The average Bonchev–Trinajstić information content (AvgIpc) is 3.04. The van der Waals surface area contributed by atoms with Crippen LogP contribution in [0.3, 0.4) is 0 Å². The van der Waals surface area contributed by atoms with Gasteiger partial charge in [-0.2, -0.15) is 11.8 Å². The molecule has 0 saturated carbocycles. The molecule has 0 bridgehead atoms. The van der Waals surface area contributed by atoms with Crippen LogP contribution in [0, 0.1) is 0 Å². The average molecular weight is 318 g/mol. The molecular formula is C17H22N2O2S. The molecule has 2 N–H and O–H groups in total. The van der Waals surface area contributed by atoms with E-state index >= 15 is 0 Å². The van der Waals surface area contributed by atoms with Crippen LogP contribution >= 0.6 is 11.8 Å². The number of phenols is 1. The van der Waals surface area contributed by atoms with Crippen LogP contribution in [0.1, 0.15) is 18.0 Å². The summed E-state index contributed by atoms with van der Waals surface area (Å²) in [6.07, 6.45) is 7.50. The number of carbonyl (C=O) groups is 1. The van der Waals surface area contributed by atoms with Gasteiger partial charge in [-0.15, -0.1) is 0 Å². The molecule has 1 atom stereocenters. The number of thioether (sulfide) groups is 1. The van der Waals surface area contributed by atoms with Gasteiger partial charge in [0, 0.05) is 18.9 Å². The Kier molecular flexibility index (Phi) is 6.40. The minimum atomic E-state index is -0.151. The summed E-state index contributed by atoms with van der Waals surface area (Å²) in [7, 11) is 0. The highest BCUT2D eigenvalue weighted by Crippen LogP contribution is 2.15. The number of hydrogen-bond acceptors (Lipinski definition) is 3. The lowest BCUT2D eigenvalue weighted by Gasteiger charge is -2.18. The quantitative estimate of drug-likeness (QED) is 0.787. The summed E-state index contributed by atoms with van der Waals surface area (Å²) < 4.78 is 1.96. The van der Waals surface area contributed by atoms with E-state index in [1.54, 1.807) is 23.9 Å². The van der Waals surface area contributed by atoms with E-state index in [4.69, 9.17) is 0 Å². The fourth-order valence-corrected chi connectivity index (χ4v) is 2.77. The van der Waals surface area contributed by atoms with E-state index in [1.807, 2.05) is 41.2 Å². The maximum absolute atomic E-state index is 12.4. The molecule has 0 radical (unpaired) electrons. The zero-order chi connectivity index (χ0) is 15.8. The van der Waals surface area contributed by atoms with Crippen molar-refractivity contribution in [3.63, 3.8) is 0 Å². The van der Waals surface area contributed by atoms with Crippen LogP contribution < -0.4 is 5.32 Å². The first-order valence-electron chi connectivity index (χ1n) is 7.37. The van der Waals surface area contributed by atoms with Crippen molar-refractivity contribution in [2.24, 2.45) is 0 Å². The van der Waals surface area contributed by atoms with Gasteiger partial charge >= 0.3 is 0 Å². The number of nitrogens with one attached hydrogen (secondary N) is 1. The minimum absolute atomic E-state index is 0.0593. The van der Waals surface area contributed by atoms with Gasteiger partial charge in [0.2, 0.25) is 5.91 Å². The van der Waals surface area contributed by atoms with E-state index in [0.717, 1.165) is 24.2 Å². The van der Waals surface area contributed by atoms with Gasteiger partial charge in [-0.05, 0) is 54.7 Å². The van der Waals surface area contributed by atoms with Crippen molar-refractivity contribution in [2.45, 2.75) is 18.9 Å². The summed E-state index contributed by atoms with van der Waals surface area (Å²) in [6, 6.07) is 10.8. The number of hydrogen-bond donors (Lipinski definition) is 2. The number of phenolic OH excluding ortho intramolecular Hbond substituents is 1. The van der Waals surface area contributed by atoms with Crippen molar-refractivity contribution in [3.8, 4) is 5.75 Å². The van der Waals surface area contributed by atoms with Crippen molar-refractivity contribution in [3.05, 3.63) is 54.4 Å². The fourth-order valence-electron chi connectivity index (χ4n) is 2.31. The molecule has 0 aliphatic rings. The first-order valence-corrected chi connectivity index (χ1v) is 8.77. The van der Waals surface area contributed by atoms with E-state index in [1.165, 1.54) is 0 Å². The predicted octanol–water partition coefficient (Wildman–Crippen LogP) is 2.85. The molecule has 1 amide bonds. The molecule has 0 aliphatic carbocycles. The zero-order valence-electron chi connectivity index (χ0n) is 12.7. The SMILES string of the molecule is CSCC[C@H](C(=O)NCCc1ccc(O)cc1)n1cccc1. The first-order chi connectivity index (χ1) is 10.7. The Hall–Kier alpha value is -1.88. The Morgan fingerprint density at radius 2 is 1.95 bits per heavy atom. The number of aromatic nitrogens is 1. The highest BCUT2D eigenvalue weighted by atomic mass is 32.2. The summed E-state index contributed by atoms with van der Waals surface area (Å²) >= 11 is 1.75. The molecule has 22 heavy (non-hydrogen) atoms. The van der Waals surface area contributed by atoms with Gasteiger partial charge in [0.15, 0.2) is 0 Å². The van der Waals surface area contributed by atoms with E-state index in [-0.39, 0.29) is 17.7 Å². The molecule has 2 aromatic rings. The second-order valence-corrected chi connectivity index (χ2v) is 6.12. The van der Waals surface area contributed by atoms with Gasteiger partial charge in [0.05, 0.1) is 0 Å². The Balaban J connectivity index is 1.86. The maximum Gasteiger partial charge on any atom is 0.243 e. The molecule has 0 saturated heterocycles. The summed E-state index contributed by atoms with van der Waals surface area (Å²) in [5, 5.41) is 12.3. The van der Waals surface area contributed by atoms with Crippen LogP contribution in [0.2, 0.25) is 0 Å². The predicted molar refractivity (Wildman–Crippen MR) is 91.3 cm³/mol. The zero-order valence-corrected chi connectivity index (χ0v) is 13.6. The molecule has 118 valence electrons. The molecule has 0 fully saturated rings. The van der Waals surface area contributed by atoms with E-state index in [9.17, 15) is 9.90 Å². The smallest absolute Gasteiger partial charge is 0.243 e. The number of benzene rings is 1. The van der Waals surface area contributed by atoms with Crippen LogP contribution in [-0.2, 0) is 11.2 Å².